The molecule has 26 heavy (non-hydrogen) atoms. The summed E-state index contributed by atoms with van der Waals surface area (Å²) in [7, 11) is 0. The van der Waals surface area contributed by atoms with Crippen molar-refractivity contribution >= 4 is 17.2 Å². The van der Waals surface area contributed by atoms with E-state index in [1.807, 2.05) is 34.5 Å². The number of carbonyl (C=O) groups is 1. The molecule has 2 aromatic rings. The Morgan fingerprint density at radius 1 is 1.38 bits per heavy atom. The normalized spacial score (nSPS) is 19.4. The van der Waals surface area contributed by atoms with Gasteiger partial charge in [0.15, 0.2) is 0 Å². The fraction of sp³-hybridized carbons (Fsp3) is 0.500. The molecule has 1 saturated heterocycles. The van der Waals surface area contributed by atoms with Gasteiger partial charge in [0.05, 0.1) is 6.61 Å². The maximum Gasteiger partial charge on any atom is 0.273 e. The number of piperidine rings is 1. The predicted octanol–water partition coefficient (Wildman–Crippen LogP) is 3.80. The van der Waals surface area contributed by atoms with E-state index in [0.29, 0.717) is 25.4 Å². The number of hydrogen-bond donors (Lipinski definition) is 1. The maximum absolute atomic E-state index is 12.8. The molecule has 1 atom stereocenters. The van der Waals surface area contributed by atoms with E-state index in [-0.39, 0.29) is 17.4 Å². The van der Waals surface area contributed by atoms with Crippen LogP contribution in [-0.4, -0.2) is 41.5 Å². The van der Waals surface area contributed by atoms with Crippen molar-refractivity contribution in [3.05, 3.63) is 35.3 Å². The minimum Gasteiger partial charge on any atom is -0.494 e. The summed E-state index contributed by atoms with van der Waals surface area (Å²) in [6.45, 7) is 8.39. The van der Waals surface area contributed by atoms with Crippen molar-refractivity contribution in [2.24, 2.45) is 11.1 Å². The standard InChI is InChI=1S/C20H27N3O2S/c1-4-11-25-15-7-5-14(6-8-15)18-22-16(12-26-18)19(24)23-10-9-17(21)20(2,3)13-23/h5-8,12,17H,4,9-11,13,21H2,1-3H3. The highest BCUT2D eigenvalue weighted by Gasteiger charge is 2.36. The number of benzene rings is 1. The van der Waals surface area contributed by atoms with Crippen LogP contribution in [0.4, 0.5) is 0 Å². The van der Waals surface area contributed by atoms with Crippen molar-refractivity contribution in [3.8, 4) is 16.3 Å². The molecular weight excluding hydrogens is 346 g/mol. The molecule has 0 spiro atoms. The number of aromatic nitrogens is 1. The first kappa shape index (κ1) is 18.9. The average molecular weight is 374 g/mol. The summed E-state index contributed by atoms with van der Waals surface area (Å²) in [6, 6.07) is 8.00. The van der Waals surface area contributed by atoms with Crippen LogP contribution in [0.25, 0.3) is 10.6 Å². The molecule has 1 aromatic heterocycles. The zero-order valence-corrected chi connectivity index (χ0v) is 16.5. The van der Waals surface area contributed by atoms with Crippen molar-refractivity contribution in [2.75, 3.05) is 19.7 Å². The van der Waals surface area contributed by atoms with Gasteiger partial charge in [-0.1, -0.05) is 20.8 Å². The summed E-state index contributed by atoms with van der Waals surface area (Å²) in [5.74, 6) is 0.853. The number of rotatable bonds is 5. The van der Waals surface area contributed by atoms with Gasteiger partial charge in [0.1, 0.15) is 16.5 Å². The van der Waals surface area contributed by atoms with Gasteiger partial charge < -0.3 is 15.4 Å². The fourth-order valence-electron chi connectivity index (χ4n) is 3.13. The zero-order valence-electron chi connectivity index (χ0n) is 15.7. The third-order valence-corrected chi connectivity index (χ3v) is 5.79. The quantitative estimate of drug-likeness (QED) is 0.865. The van der Waals surface area contributed by atoms with Crippen LogP contribution in [0.2, 0.25) is 0 Å². The molecule has 1 fully saturated rings. The minimum absolute atomic E-state index is 0.00428. The van der Waals surface area contributed by atoms with Gasteiger partial charge in [0, 0.05) is 30.1 Å². The Morgan fingerprint density at radius 2 is 2.12 bits per heavy atom. The smallest absolute Gasteiger partial charge is 0.273 e. The molecule has 2 heterocycles. The number of carbonyl (C=O) groups excluding carboxylic acids is 1. The molecule has 5 nitrogen and oxygen atoms in total. The lowest BCUT2D eigenvalue weighted by Crippen LogP contribution is -2.54. The molecule has 0 aliphatic carbocycles. The molecule has 1 aromatic carbocycles. The summed E-state index contributed by atoms with van der Waals surface area (Å²) in [6.07, 6.45) is 1.81. The van der Waals surface area contributed by atoms with E-state index < -0.39 is 0 Å². The number of nitrogens with zero attached hydrogens (tertiary/aromatic N) is 2. The fourth-order valence-corrected chi connectivity index (χ4v) is 3.93. The van der Waals surface area contributed by atoms with Gasteiger partial charge in [-0.15, -0.1) is 11.3 Å². The highest BCUT2D eigenvalue weighted by Crippen LogP contribution is 2.30. The van der Waals surface area contributed by atoms with E-state index in [1.165, 1.54) is 11.3 Å². The SMILES string of the molecule is CCCOc1ccc(-c2nc(C(=O)N3CCC(N)C(C)(C)C3)cs2)cc1. The lowest BCUT2D eigenvalue weighted by molar-refractivity contribution is 0.0528. The first-order chi connectivity index (χ1) is 12.4. The van der Waals surface area contributed by atoms with Crippen LogP contribution in [-0.2, 0) is 0 Å². The molecule has 0 bridgehead atoms. The Kier molecular flexibility index (Phi) is 5.63. The van der Waals surface area contributed by atoms with Gasteiger partial charge in [-0.2, -0.15) is 0 Å². The summed E-state index contributed by atoms with van der Waals surface area (Å²) in [4.78, 5) is 19.3. The highest BCUT2D eigenvalue weighted by molar-refractivity contribution is 7.13. The third kappa shape index (κ3) is 4.07. The molecule has 140 valence electrons. The predicted molar refractivity (Wildman–Crippen MR) is 106 cm³/mol. The Morgan fingerprint density at radius 3 is 2.77 bits per heavy atom. The number of ether oxygens (including phenoxy) is 1. The number of thiazole rings is 1. The van der Waals surface area contributed by atoms with Crippen LogP contribution in [0.1, 0.15) is 44.1 Å². The summed E-state index contributed by atoms with van der Waals surface area (Å²) < 4.78 is 5.61. The largest absolute Gasteiger partial charge is 0.494 e. The van der Waals surface area contributed by atoms with Crippen molar-refractivity contribution in [1.82, 2.24) is 9.88 Å². The Balaban J connectivity index is 1.70. The second-order valence-electron chi connectivity index (χ2n) is 7.52. The van der Waals surface area contributed by atoms with Crippen molar-refractivity contribution in [3.63, 3.8) is 0 Å². The molecule has 6 heteroatoms. The summed E-state index contributed by atoms with van der Waals surface area (Å²) >= 11 is 1.50. The summed E-state index contributed by atoms with van der Waals surface area (Å²) in [5, 5.41) is 2.70. The molecule has 1 aliphatic heterocycles. The van der Waals surface area contributed by atoms with E-state index in [0.717, 1.165) is 29.2 Å². The molecule has 2 N–H and O–H groups in total. The van der Waals surface area contributed by atoms with E-state index in [1.54, 1.807) is 0 Å². The monoisotopic (exact) mass is 373 g/mol. The zero-order chi connectivity index (χ0) is 18.7. The van der Waals surface area contributed by atoms with Crippen LogP contribution < -0.4 is 10.5 Å². The molecule has 0 radical (unpaired) electrons. The van der Waals surface area contributed by atoms with E-state index >= 15 is 0 Å². The Labute approximate surface area is 159 Å². The van der Waals surface area contributed by atoms with Gasteiger partial charge in [0.25, 0.3) is 5.91 Å². The molecule has 3 rings (SSSR count). The molecule has 0 saturated carbocycles. The minimum atomic E-state index is -0.0684. The first-order valence-electron chi connectivity index (χ1n) is 9.14. The summed E-state index contributed by atoms with van der Waals surface area (Å²) in [5.41, 5.74) is 7.62. The van der Waals surface area contributed by atoms with Crippen molar-refractivity contribution in [2.45, 2.75) is 39.7 Å². The van der Waals surface area contributed by atoms with Gasteiger partial charge in [-0.05, 0) is 42.5 Å². The van der Waals surface area contributed by atoms with Crippen molar-refractivity contribution < 1.29 is 9.53 Å². The lowest BCUT2D eigenvalue weighted by atomic mass is 9.79. The molecular formula is C20H27N3O2S. The van der Waals surface area contributed by atoms with Crippen LogP contribution in [0.5, 0.6) is 5.75 Å². The Bertz CT molecular complexity index is 755. The highest BCUT2D eigenvalue weighted by atomic mass is 32.1. The first-order valence-corrected chi connectivity index (χ1v) is 10.0. The second kappa shape index (κ2) is 7.76. The molecule has 1 aliphatic rings. The van der Waals surface area contributed by atoms with Crippen LogP contribution in [0.3, 0.4) is 0 Å². The van der Waals surface area contributed by atoms with Gasteiger partial charge in [-0.25, -0.2) is 4.98 Å². The second-order valence-corrected chi connectivity index (χ2v) is 8.38. The third-order valence-electron chi connectivity index (χ3n) is 4.90. The van der Waals surface area contributed by atoms with E-state index in [9.17, 15) is 4.79 Å². The number of likely N-dealkylation sites (tertiary alicyclic amines) is 1. The maximum atomic E-state index is 12.8. The van der Waals surface area contributed by atoms with Crippen LogP contribution >= 0.6 is 11.3 Å². The lowest BCUT2D eigenvalue weighted by Gasteiger charge is -2.42. The van der Waals surface area contributed by atoms with Gasteiger partial charge >= 0.3 is 0 Å². The van der Waals surface area contributed by atoms with Gasteiger partial charge in [-0.3, -0.25) is 4.79 Å². The van der Waals surface area contributed by atoms with Crippen molar-refractivity contribution in [1.29, 1.82) is 0 Å². The molecule has 1 unspecified atom stereocenters. The topological polar surface area (TPSA) is 68.5 Å². The van der Waals surface area contributed by atoms with Crippen LogP contribution in [0.15, 0.2) is 29.6 Å². The number of nitrogens with two attached hydrogens (primary N) is 1. The van der Waals surface area contributed by atoms with E-state index in [2.05, 4.69) is 25.8 Å². The van der Waals surface area contributed by atoms with E-state index in [4.69, 9.17) is 10.5 Å². The average Bonchev–Trinajstić information content (AvgIpc) is 3.12. The number of amides is 1. The van der Waals surface area contributed by atoms with Gasteiger partial charge in [0.2, 0.25) is 0 Å². The van der Waals surface area contributed by atoms with Crippen LogP contribution in [0, 0.1) is 5.41 Å². The Hall–Kier alpha value is -1.92. The number of hydrogen-bond acceptors (Lipinski definition) is 5. The molecule has 1 amide bonds.